The Labute approximate surface area is 109 Å². The SMILES string of the molecule is CN(C(=O)c1ccc(O)c(Cl)c1)c1cccnc1. The fourth-order valence-electron chi connectivity index (χ4n) is 1.50. The molecule has 4 nitrogen and oxygen atoms in total. The number of rotatable bonds is 2. The lowest BCUT2D eigenvalue weighted by Crippen LogP contribution is -2.26. The lowest BCUT2D eigenvalue weighted by atomic mass is 10.2. The quantitative estimate of drug-likeness (QED) is 0.905. The highest BCUT2D eigenvalue weighted by Gasteiger charge is 2.14. The number of phenolic OH excluding ortho intramolecular Hbond substituents is 1. The van der Waals surface area contributed by atoms with Crippen LogP contribution in [0.1, 0.15) is 10.4 Å². The maximum absolute atomic E-state index is 12.2. The Kier molecular flexibility index (Phi) is 3.48. The Morgan fingerprint density at radius 3 is 2.78 bits per heavy atom. The van der Waals surface area contributed by atoms with Crippen molar-refractivity contribution in [3.05, 3.63) is 53.3 Å². The van der Waals surface area contributed by atoms with Crippen molar-refractivity contribution in [2.75, 3.05) is 11.9 Å². The summed E-state index contributed by atoms with van der Waals surface area (Å²) in [6.45, 7) is 0. The Hall–Kier alpha value is -2.07. The van der Waals surface area contributed by atoms with E-state index >= 15 is 0 Å². The smallest absolute Gasteiger partial charge is 0.258 e. The zero-order valence-corrected chi connectivity index (χ0v) is 10.4. The van der Waals surface area contributed by atoms with Gasteiger partial charge in [-0.2, -0.15) is 0 Å². The van der Waals surface area contributed by atoms with E-state index < -0.39 is 0 Å². The molecule has 1 N–H and O–H groups in total. The van der Waals surface area contributed by atoms with Crippen LogP contribution < -0.4 is 4.90 Å². The summed E-state index contributed by atoms with van der Waals surface area (Å²) in [6, 6.07) is 7.89. The number of anilines is 1. The molecule has 0 bridgehead atoms. The van der Waals surface area contributed by atoms with Gasteiger partial charge in [-0.3, -0.25) is 9.78 Å². The topological polar surface area (TPSA) is 53.4 Å². The second-order valence-electron chi connectivity index (χ2n) is 3.74. The molecule has 0 spiro atoms. The minimum absolute atomic E-state index is 0.0442. The van der Waals surface area contributed by atoms with Crippen LogP contribution in [0.5, 0.6) is 5.75 Å². The summed E-state index contributed by atoms with van der Waals surface area (Å²) in [5.74, 6) is -0.262. The molecule has 92 valence electrons. The molecule has 1 heterocycles. The van der Waals surface area contributed by atoms with Crippen LogP contribution in [-0.2, 0) is 0 Å². The zero-order valence-electron chi connectivity index (χ0n) is 9.67. The Morgan fingerprint density at radius 1 is 1.39 bits per heavy atom. The first kappa shape index (κ1) is 12.4. The molecular weight excluding hydrogens is 252 g/mol. The van der Waals surface area contributed by atoms with E-state index in [1.54, 1.807) is 31.6 Å². The molecule has 0 unspecified atom stereocenters. The molecule has 2 rings (SSSR count). The maximum Gasteiger partial charge on any atom is 0.258 e. The van der Waals surface area contributed by atoms with Gasteiger partial charge in [0.25, 0.3) is 5.91 Å². The number of halogens is 1. The molecule has 0 fully saturated rings. The predicted molar refractivity (Wildman–Crippen MR) is 70.1 cm³/mol. The average Bonchev–Trinajstić information content (AvgIpc) is 2.41. The first-order valence-corrected chi connectivity index (χ1v) is 5.64. The summed E-state index contributed by atoms with van der Waals surface area (Å²) >= 11 is 5.78. The van der Waals surface area contributed by atoms with Crippen molar-refractivity contribution in [3.8, 4) is 5.75 Å². The van der Waals surface area contributed by atoms with Gasteiger partial charge in [-0.25, -0.2) is 0 Å². The Morgan fingerprint density at radius 2 is 2.17 bits per heavy atom. The van der Waals surface area contributed by atoms with Gasteiger partial charge in [-0.1, -0.05) is 11.6 Å². The summed E-state index contributed by atoms with van der Waals surface area (Å²) in [5.41, 5.74) is 1.09. The molecule has 5 heteroatoms. The van der Waals surface area contributed by atoms with Gasteiger partial charge in [0.15, 0.2) is 0 Å². The number of carbonyl (C=O) groups excluding carboxylic acids is 1. The van der Waals surface area contributed by atoms with Crippen molar-refractivity contribution in [1.29, 1.82) is 0 Å². The summed E-state index contributed by atoms with van der Waals surface area (Å²) < 4.78 is 0. The minimum Gasteiger partial charge on any atom is -0.506 e. The average molecular weight is 263 g/mol. The number of hydrogen-bond acceptors (Lipinski definition) is 3. The molecule has 1 amide bonds. The van der Waals surface area contributed by atoms with Crippen molar-refractivity contribution in [1.82, 2.24) is 4.98 Å². The van der Waals surface area contributed by atoms with Crippen molar-refractivity contribution < 1.29 is 9.90 Å². The van der Waals surface area contributed by atoms with Gasteiger partial charge in [0.2, 0.25) is 0 Å². The summed E-state index contributed by atoms with van der Waals surface area (Å²) in [7, 11) is 1.65. The standard InChI is InChI=1S/C13H11ClN2O2/c1-16(10-3-2-6-15-8-10)13(18)9-4-5-12(17)11(14)7-9/h2-8,17H,1H3. The van der Waals surface area contributed by atoms with Gasteiger partial charge in [-0.05, 0) is 30.3 Å². The van der Waals surface area contributed by atoms with Crippen molar-refractivity contribution in [3.63, 3.8) is 0 Å². The van der Waals surface area contributed by atoms with E-state index in [1.165, 1.54) is 23.1 Å². The van der Waals surface area contributed by atoms with E-state index in [4.69, 9.17) is 11.6 Å². The van der Waals surface area contributed by atoms with Crippen molar-refractivity contribution in [2.24, 2.45) is 0 Å². The van der Waals surface area contributed by atoms with Crippen LogP contribution in [0.15, 0.2) is 42.7 Å². The number of aromatic nitrogens is 1. The highest BCUT2D eigenvalue weighted by molar-refractivity contribution is 6.32. The second kappa shape index (κ2) is 5.06. The molecule has 18 heavy (non-hydrogen) atoms. The zero-order chi connectivity index (χ0) is 13.1. The fraction of sp³-hybridized carbons (Fsp3) is 0.0769. The van der Waals surface area contributed by atoms with E-state index in [1.807, 2.05) is 0 Å². The lowest BCUT2D eigenvalue weighted by molar-refractivity contribution is 0.0993. The van der Waals surface area contributed by atoms with Crippen molar-refractivity contribution >= 4 is 23.2 Å². The molecule has 0 aliphatic rings. The minimum atomic E-state index is -0.218. The molecule has 0 aliphatic carbocycles. The summed E-state index contributed by atoms with van der Waals surface area (Å²) in [5, 5.41) is 9.47. The number of aromatic hydroxyl groups is 1. The number of hydrogen-bond donors (Lipinski definition) is 1. The van der Waals surface area contributed by atoms with Gasteiger partial charge in [0.05, 0.1) is 16.9 Å². The van der Waals surface area contributed by atoms with Gasteiger partial charge in [-0.15, -0.1) is 0 Å². The summed E-state index contributed by atoms with van der Waals surface area (Å²) in [6.07, 6.45) is 3.24. The van der Waals surface area contributed by atoms with Crippen molar-refractivity contribution in [2.45, 2.75) is 0 Å². The van der Waals surface area contributed by atoms with Gasteiger partial charge >= 0.3 is 0 Å². The first-order valence-electron chi connectivity index (χ1n) is 5.26. The normalized spacial score (nSPS) is 10.1. The fourth-order valence-corrected chi connectivity index (χ4v) is 1.68. The van der Waals surface area contributed by atoms with E-state index in [0.717, 1.165) is 0 Å². The van der Waals surface area contributed by atoms with Crippen LogP contribution in [0.4, 0.5) is 5.69 Å². The van der Waals surface area contributed by atoms with Crippen LogP contribution in [0.3, 0.4) is 0 Å². The summed E-state index contributed by atoms with van der Waals surface area (Å²) in [4.78, 5) is 17.6. The number of benzene rings is 1. The number of carbonyl (C=O) groups is 1. The third-order valence-electron chi connectivity index (χ3n) is 2.53. The Bertz CT molecular complexity index is 572. The monoisotopic (exact) mass is 262 g/mol. The first-order chi connectivity index (χ1) is 8.59. The number of pyridine rings is 1. The lowest BCUT2D eigenvalue weighted by Gasteiger charge is -2.16. The van der Waals surface area contributed by atoms with Gasteiger partial charge < -0.3 is 10.0 Å². The Balaban J connectivity index is 2.29. The third-order valence-corrected chi connectivity index (χ3v) is 2.84. The molecule has 0 radical (unpaired) electrons. The molecule has 1 aromatic carbocycles. The maximum atomic E-state index is 12.2. The molecular formula is C13H11ClN2O2. The van der Waals surface area contributed by atoms with E-state index in [0.29, 0.717) is 11.3 Å². The molecule has 2 aromatic rings. The largest absolute Gasteiger partial charge is 0.506 e. The van der Waals surface area contributed by atoms with Crippen LogP contribution in [0.25, 0.3) is 0 Å². The van der Waals surface area contributed by atoms with Crippen LogP contribution in [-0.4, -0.2) is 23.0 Å². The van der Waals surface area contributed by atoms with Crippen LogP contribution in [0.2, 0.25) is 5.02 Å². The second-order valence-corrected chi connectivity index (χ2v) is 4.15. The number of phenols is 1. The van der Waals surface area contributed by atoms with Gasteiger partial charge in [0, 0.05) is 18.8 Å². The predicted octanol–water partition coefficient (Wildman–Crippen LogP) is 2.72. The van der Waals surface area contributed by atoms with E-state index in [2.05, 4.69) is 4.98 Å². The molecule has 0 aliphatic heterocycles. The highest BCUT2D eigenvalue weighted by atomic mass is 35.5. The van der Waals surface area contributed by atoms with Crippen LogP contribution in [0, 0.1) is 0 Å². The highest BCUT2D eigenvalue weighted by Crippen LogP contribution is 2.24. The van der Waals surface area contributed by atoms with E-state index in [9.17, 15) is 9.90 Å². The molecule has 1 aromatic heterocycles. The molecule has 0 saturated heterocycles. The van der Waals surface area contributed by atoms with Gasteiger partial charge in [0.1, 0.15) is 5.75 Å². The number of nitrogens with zero attached hydrogens (tertiary/aromatic N) is 2. The third kappa shape index (κ3) is 2.43. The van der Waals surface area contributed by atoms with Crippen LogP contribution >= 0.6 is 11.6 Å². The van der Waals surface area contributed by atoms with E-state index in [-0.39, 0.29) is 16.7 Å². The number of amides is 1. The molecule has 0 atom stereocenters. The molecule has 0 saturated carbocycles.